The van der Waals surface area contributed by atoms with Gasteiger partial charge in [-0.1, -0.05) is 31.2 Å². The van der Waals surface area contributed by atoms with Gasteiger partial charge in [-0.15, -0.1) is 0 Å². The van der Waals surface area contributed by atoms with Gasteiger partial charge < -0.3 is 10.1 Å². The largest absolute Gasteiger partial charge is 0.493 e. The predicted octanol–water partition coefficient (Wildman–Crippen LogP) is 2.85. The maximum Gasteiger partial charge on any atom is 0.122 e. The minimum Gasteiger partial charge on any atom is -0.493 e. The topological polar surface area (TPSA) is 21.3 Å². The van der Waals surface area contributed by atoms with Crippen molar-refractivity contribution in [2.75, 3.05) is 13.2 Å². The van der Waals surface area contributed by atoms with Crippen LogP contribution in [0.3, 0.4) is 0 Å². The van der Waals surface area contributed by atoms with Gasteiger partial charge in [-0.25, -0.2) is 0 Å². The zero-order chi connectivity index (χ0) is 11.5. The molecule has 0 bridgehead atoms. The van der Waals surface area contributed by atoms with E-state index in [1.165, 1.54) is 11.1 Å². The Morgan fingerprint density at radius 2 is 2.38 bits per heavy atom. The molecular formula is C14H19NO. The zero-order valence-electron chi connectivity index (χ0n) is 10.0. The van der Waals surface area contributed by atoms with Crippen molar-refractivity contribution in [3.05, 3.63) is 41.5 Å². The van der Waals surface area contributed by atoms with Crippen molar-refractivity contribution in [1.82, 2.24) is 5.32 Å². The Labute approximate surface area is 97.3 Å². The first-order valence-electron chi connectivity index (χ1n) is 5.86. The molecule has 0 aliphatic carbocycles. The molecule has 0 radical (unpaired) electrons. The Balaban J connectivity index is 2.28. The predicted molar refractivity (Wildman–Crippen MR) is 66.9 cm³/mol. The van der Waals surface area contributed by atoms with E-state index in [-0.39, 0.29) is 6.04 Å². The Bertz CT molecular complexity index is 398. The van der Waals surface area contributed by atoms with E-state index in [0.717, 1.165) is 30.9 Å². The van der Waals surface area contributed by atoms with Crippen molar-refractivity contribution in [1.29, 1.82) is 0 Å². The lowest BCUT2D eigenvalue weighted by molar-refractivity contribution is 0.357. The fourth-order valence-electron chi connectivity index (χ4n) is 2.17. The van der Waals surface area contributed by atoms with E-state index < -0.39 is 0 Å². The van der Waals surface area contributed by atoms with Gasteiger partial charge in [-0.2, -0.15) is 0 Å². The van der Waals surface area contributed by atoms with Crippen molar-refractivity contribution in [3.63, 3.8) is 0 Å². The Kier molecular flexibility index (Phi) is 3.30. The van der Waals surface area contributed by atoms with Gasteiger partial charge in [0.05, 0.1) is 12.6 Å². The smallest absolute Gasteiger partial charge is 0.122 e. The molecule has 1 atom stereocenters. The molecule has 1 aliphatic rings. The number of hydrogen-bond acceptors (Lipinski definition) is 2. The van der Waals surface area contributed by atoms with Gasteiger partial charge in [0.2, 0.25) is 0 Å². The highest BCUT2D eigenvalue weighted by molar-refractivity contribution is 5.42. The lowest BCUT2D eigenvalue weighted by atomic mass is 9.98. The van der Waals surface area contributed by atoms with Crippen molar-refractivity contribution >= 4 is 0 Å². The van der Waals surface area contributed by atoms with Gasteiger partial charge in [0.15, 0.2) is 0 Å². The Morgan fingerprint density at radius 1 is 1.56 bits per heavy atom. The molecule has 0 saturated heterocycles. The summed E-state index contributed by atoms with van der Waals surface area (Å²) in [4.78, 5) is 0. The first kappa shape index (κ1) is 11.2. The van der Waals surface area contributed by atoms with Crippen molar-refractivity contribution in [3.8, 4) is 5.75 Å². The van der Waals surface area contributed by atoms with E-state index in [2.05, 4.69) is 43.9 Å². The molecule has 1 N–H and O–H groups in total. The maximum atomic E-state index is 5.51. The van der Waals surface area contributed by atoms with Crippen LogP contribution >= 0.6 is 0 Å². The summed E-state index contributed by atoms with van der Waals surface area (Å²) in [5, 5.41) is 3.45. The third-order valence-corrected chi connectivity index (χ3v) is 2.95. The lowest BCUT2D eigenvalue weighted by Crippen LogP contribution is -2.21. The lowest BCUT2D eigenvalue weighted by Gasteiger charge is -2.19. The molecule has 1 aromatic rings. The number of nitrogens with one attached hydrogen (secondary N) is 1. The first-order valence-corrected chi connectivity index (χ1v) is 5.86. The number of rotatable bonds is 4. The summed E-state index contributed by atoms with van der Waals surface area (Å²) in [5.41, 5.74) is 3.76. The second kappa shape index (κ2) is 4.71. The molecule has 1 unspecified atom stereocenters. The molecule has 16 heavy (non-hydrogen) atoms. The minimum atomic E-state index is 0.260. The van der Waals surface area contributed by atoms with E-state index in [9.17, 15) is 0 Å². The molecule has 0 aromatic heterocycles. The molecule has 2 rings (SSSR count). The van der Waals surface area contributed by atoms with Crippen LogP contribution in [0.1, 0.15) is 31.0 Å². The molecule has 0 saturated carbocycles. The summed E-state index contributed by atoms with van der Waals surface area (Å²) in [6, 6.07) is 6.71. The van der Waals surface area contributed by atoms with E-state index in [1.807, 2.05) is 0 Å². The molecule has 1 aromatic carbocycles. The highest BCUT2D eigenvalue weighted by Gasteiger charge is 2.16. The molecule has 0 amide bonds. The van der Waals surface area contributed by atoms with Crippen LogP contribution in [-0.2, 0) is 6.42 Å². The average molecular weight is 217 g/mol. The molecule has 1 heterocycles. The summed E-state index contributed by atoms with van der Waals surface area (Å²) in [6.45, 7) is 10.0. The summed E-state index contributed by atoms with van der Waals surface area (Å²) in [7, 11) is 0. The van der Waals surface area contributed by atoms with Gasteiger partial charge in [0.1, 0.15) is 5.75 Å². The van der Waals surface area contributed by atoms with Crippen LogP contribution in [-0.4, -0.2) is 13.2 Å². The summed E-state index contributed by atoms with van der Waals surface area (Å²) in [6.07, 6.45) is 1.03. The number of ether oxygens (including phenoxy) is 1. The number of benzene rings is 1. The Hall–Kier alpha value is -1.28. The molecule has 2 heteroatoms. The van der Waals surface area contributed by atoms with Crippen LogP contribution in [0.5, 0.6) is 5.75 Å². The van der Waals surface area contributed by atoms with E-state index >= 15 is 0 Å². The fraction of sp³-hybridized carbons (Fsp3) is 0.429. The standard InChI is InChI=1S/C14H19NO/c1-4-15-14(10(2)3)12-5-6-13-11(9-12)7-8-16-13/h5-6,9,14-15H,2,4,7-8H2,1,3H3. The first-order chi connectivity index (χ1) is 7.72. The number of hydrogen-bond donors (Lipinski definition) is 1. The third-order valence-electron chi connectivity index (χ3n) is 2.95. The zero-order valence-corrected chi connectivity index (χ0v) is 10.0. The van der Waals surface area contributed by atoms with E-state index in [4.69, 9.17) is 4.74 Å². The number of fused-ring (bicyclic) bond motifs is 1. The normalized spacial score (nSPS) is 15.4. The van der Waals surface area contributed by atoms with Gasteiger partial charge in [0, 0.05) is 6.42 Å². The summed E-state index contributed by atoms with van der Waals surface area (Å²) < 4.78 is 5.51. The summed E-state index contributed by atoms with van der Waals surface area (Å²) >= 11 is 0. The average Bonchev–Trinajstić information content (AvgIpc) is 2.72. The van der Waals surface area contributed by atoms with Gasteiger partial charge >= 0.3 is 0 Å². The molecule has 86 valence electrons. The van der Waals surface area contributed by atoms with Crippen molar-refractivity contribution < 1.29 is 4.74 Å². The SMILES string of the molecule is C=C(C)C(NCC)c1ccc2c(c1)CCO2. The van der Waals surface area contributed by atoms with E-state index in [0.29, 0.717) is 0 Å². The monoisotopic (exact) mass is 217 g/mol. The minimum absolute atomic E-state index is 0.260. The highest BCUT2D eigenvalue weighted by atomic mass is 16.5. The van der Waals surface area contributed by atoms with Crippen LogP contribution in [0, 0.1) is 0 Å². The fourth-order valence-corrected chi connectivity index (χ4v) is 2.17. The van der Waals surface area contributed by atoms with Gasteiger partial charge in [-0.05, 0) is 30.7 Å². The highest BCUT2D eigenvalue weighted by Crippen LogP contribution is 2.29. The Morgan fingerprint density at radius 3 is 3.06 bits per heavy atom. The van der Waals surface area contributed by atoms with Crippen LogP contribution in [0.4, 0.5) is 0 Å². The summed E-state index contributed by atoms with van der Waals surface area (Å²) in [5.74, 6) is 1.04. The third kappa shape index (κ3) is 2.12. The molecular weight excluding hydrogens is 198 g/mol. The molecule has 0 spiro atoms. The van der Waals surface area contributed by atoms with Crippen molar-refractivity contribution in [2.45, 2.75) is 26.3 Å². The van der Waals surface area contributed by atoms with Crippen molar-refractivity contribution in [2.24, 2.45) is 0 Å². The maximum absolute atomic E-state index is 5.51. The van der Waals surface area contributed by atoms with Crippen LogP contribution < -0.4 is 10.1 Å². The van der Waals surface area contributed by atoms with Crippen LogP contribution in [0.2, 0.25) is 0 Å². The second-order valence-corrected chi connectivity index (χ2v) is 4.30. The second-order valence-electron chi connectivity index (χ2n) is 4.30. The van der Waals surface area contributed by atoms with E-state index in [1.54, 1.807) is 0 Å². The van der Waals surface area contributed by atoms with Gasteiger partial charge in [0.25, 0.3) is 0 Å². The molecule has 1 aliphatic heterocycles. The quantitative estimate of drug-likeness (QED) is 0.783. The van der Waals surface area contributed by atoms with Crippen LogP contribution in [0.25, 0.3) is 0 Å². The van der Waals surface area contributed by atoms with Gasteiger partial charge in [-0.3, -0.25) is 0 Å². The molecule has 0 fully saturated rings. The van der Waals surface area contributed by atoms with Crippen LogP contribution in [0.15, 0.2) is 30.4 Å². The number of likely N-dealkylation sites (N-methyl/N-ethyl adjacent to an activating group) is 1. The molecule has 2 nitrogen and oxygen atoms in total.